The Morgan fingerprint density at radius 3 is 2.95 bits per heavy atom. The number of hydrogen-bond donors (Lipinski definition) is 1. The van der Waals surface area contributed by atoms with Gasteiger partial charge in [-0.15, -0.1) is 10.2 Å². The van der Waals surface area contributed by atoms with Crippen molar-refractivity contribution < 1.29 is 0 Å². The topological polar surface area (TPSA) is 41.1 Å². The van der Waals surface area contributed by atoms with Gasteiger partial charge in [-0.05, 0) is 45.2 Å². The highest BCUT2D eigenvalue weighted by Crippen LogP contribution is 2.24. The van der Waals surface area contributed by atoms with E-state index in [9.17, 15) is 0 Å². The van der Waals surface area contributed by atoms with E-state index in [0.29, 0.717) is 0 Å². The van der Waals surface area contributed by atoms with E-state index in [1.165, 1.54) is 45.2 Å². The highest BCUT2D eigenvalue weighted by molar-refractivity contribution is 7.15. The molecule has 0 radical (unpaired) electrons. The average Bonchev–Trinajstić information content (AvgIpc) is 2.71. The summed E-state index contributed by atoms with van der Waals surface area (Å²) in [5.41, 5.74) is 0. The van der Waals surface area contributed by atoms with Crippen molar-refractivity contribution in [2.24, 2.45) is 5.92 Å². The van der Waals surface area contributed by atoms with Gasteiger partial charge in [0.15, 0.2) is 0 Å². The van der Waals surface area contributed by atoms with Crippen molar-refractivity contribution in [3.8, 4) is 0 Å². The van der Waals surface area contributed by atoms with Crippen molar-refractivity contribution >= 4 is 16.5 Å². The van der Waals surface area contributed by atoms with Crippen molar-refractivity contribution in [1.82, 2.24) is 15.1 Å². The van der Waals surface area contributed by atoms with Gasteiger partial charge in [0.2, 0.25) is 5.13 Å². The maximum atomic E-state index is 4.28. The summed E-state index contributed by atoms with van der Waals surface area (Å²) in [4.78, 5) is 2.55. The molecule has 4 nitrogen and oxygen atoms in total. The Morgan fingerprint density at radius 2 is 2.16 bits per heavy atom. The number of aromatic nitrogens is 2. The molecule has 1 saturated heterocycles. The maximum absolute atomic E-state index is 4.28. The van der Waals surface area contributed by atoms with Crippen LogP contribution < -0.4 is 5.32 Å². The third kappa shape index (κ3) is 4.73. The number of rotatable bonds is 6. The number of anilines is 1. The average molecular weight is 282 g/mol. The summed E-state index contributed by atoms with van der Waals surface area (Å²) in [5, 5.41) is 13.8. The normalized spacial score (nSPS) is 21.3. The predicted octanol–water partition coefficient (Wildman–Crippen LogP) is 3.37. The number of likely N-dealkylation sites (tertiary alicyclic amines) is 1. The Bertz CT molecular complexity index is 366. The van der Waals surface area contributed by atoms with Crippen LogP contribution >= 0.6 is 11.3 Å². The van der Waals surface area contributed by atoms with Gasteiger partial charge in [0.1, 0.15) is 5.01 Å². The smallest absolute Gasteiger partial charge is 0.205 e. The van der Waals surface area contributed by atoms with E-state index in [2.05, 4.69) is 34.3 Å². The first kappa shape index (κ1) is 14.7. The van der Waals surface area contributed by atoms with Crippen LogP contribution in [0.25, 0.3) is 0 Å². The molecule has 1 aliphatic rings. The van der Waals surface area contributed by atoms with Crippen LogP contribution in [0.4, 0.5) is 5.13 Å². The Kier molecular flexibility index (Phi) is 6.04. The summed E-state index contributed by atoms with van der Waals surface area (Å²) in [6.45, 7) is 8.71. The first-order valence-electron chi connectivity index (χ1n) is 7.60. The standard InChI is InChI=1S/C14H26N4S/c1-3-6-12-7-5-9-18(10-8-12)11-13-16-17-14(19-13)15-4-2/h12H,3-11H2,1-2H3,(H,15,17). The van der Waals surface area contributed by atoms with Crippen LogP contribution in [0.2, 0.25) is 0 Å². The van der Waals surface area contributed by atoms with Gasteiger partial charge in [0.05, 0.1) is 6.54 Å². The zero-order valence-electron chi connectivity index (χ0n) is 12.2. The van der Waals surface area contributed by atoms with Crippen molar-refractivity contribution in [3.05, 3.63) is 5.01 Å². The Labute approximate surface area is 120 Å². The minimum absolute atomic E-state index is 0.914. The molecule has 1 aromatic heterocycles. The molecule has 5 heteroatoms. The van der Waals surface area contributed by atoms with Crippen molar-refractivity contribution in [1.29, 1.82) is 0 Å². The van der Waals surface area contributed by atoms with E-state index < -0.39 is 0 Å². The van der Waals surface area contributed by atoms with Crippen LogP contribution in [0.1, 0.15) is 51.0 Å². The molecule has 2 heterocycles. The molecule has 0 aromatic carbocycles. The fraction of sp³-hybridized carbons (Fsp3) is 0.857. The highest BCUT2D eigenvalue weighted by Gasteiger charge is 2.17. The molecule has 0 aliphatic carbocycles. The lowest BCUT2D eigenvalue weighted by Gasteiger charge is -2.18. The van der Waals surface area contributed by atoms with Crippen LogP contribution in [0.15, 0.2) is 0 Å². The largest absolute Gasteiger partial charge is 0.360 e. The lowest BCUT2D eigenvalue weighted by atomic mass is 9.96. The van der Waals surface area contributed by atoms with Gasteiger partial charge >= 0.3 is 0 Å². The molecule has 1 N–H and O–H groups in total. The molecule has 2 rings (SSSR count). The first-order valence-corrected chi connectivity index (χ1v) is 8.42. The van der Waals surface area contributed by atoms with E-state index in [4.69, 9.17) is 0 Å². The molecule has 0 saturated carbocycles. The summed E-state index contributed by atoms with van der Waals surface area (Å²) in [6.07, 6.45) is 6.82. The minimum atomic E-state index is 0.914. The van der Waals surface area contributed by atoms with Gasteiger partial charge in [-0.2, -0.15) is 0 Å². The Morgan fingerprint density at radius 1 is 1.26 bits per heavy atom. The van der Waals surface area contributed by atoms with Crippen LogP contribution in [0, 0.1) is 5.92 Å². The Balaban J connectivity index is 1.81. The zero-order chi connectivity index (χ0) is 13.5. The van der Waals surface area contributed by atoms with Gasteiger partial charge < -0.3 is 5.32 Å². The van der Waals surface area contributed by atoms with Gasteiger partial charge in [-0.1, -0.05) is 31.1 Å². The van der Waals surface area contributed by atoms with Crippen LogP contribution in [-0.4, -0.2) is 34.7 Å². The Hall–Kier alpha value is -0.680. The summed E-state index contributed by atoms with van der Waals surface area (Å²) >= 11 is 1.69. The number of hydrogen-bond acceptors (Lipinski definition) is 5. The van der Waals surface area contributed by atoms with Gasteiger partial charge in [0, 0.05) is 6.54 Å². The third-order valence-corrected chi connectivity index (χ3v) is 4.66. The molecule has 1 aromatic rings. The molecule has 0 spiro atoms. The van der Waals surface area contributed by atoms with Gasteiger partial charge in [-0.3, -0.25) is 4.90 Å². The molecule has 1 fully saturated rings. The monoisotopic (exact) mass is 282 g/mol. The predicted molar refractivity (Wildman–Crippen MR) is 81.6 cm³/mol. The number of nitrogens with one attached hydrogen (secondary N) is 1. The lowest BCUT2D eigenvalue weighted by Crippen LogP contribution is -2.24. The summed E-state index contributed by atoms with van der Waals surface area (Å²) in [6, 6.07) is 0. The quantitative estimate of drug-likeness (QED) is 0.868. The second-order valence-corrected chi connectivity index (χ2v) is 6.46. The summed E-state index contributed by atoms with van der Waals surface area (Å²) in [5.74, 6) is 0.946. The van der Waals surface area contributed by atoms with Crippen LogP contribution in [0.3, 0.4) is 0 Å². The zero-order valence-corrected chi connectivity index (χ0v) is 13.0. The SMILES string of the molecule is CCCC1CCCN(Cc2nnc(NCC)s2)CC1. The maximum Gasteiger partial charge on any atom is 0.205 e. The van der Waals surface area contributed by atoms with Crippen LogP contribution in [-0.2, 0) is 6.54 Å². The summed E-state index contributed by atoms with van der Waals surface area (Å²) in [7, 11) is 0. The molecular weight excluding hydrogens is 256 g/mol. The van der Waals surface area contributed by atoms with Crippen molar-refractivity contribution in [2.75, 3.05) is 25.0 Å². The highest BCUT2D eigenvalue weighted by atomic mass is 32.1. The first-order chi connectivity index (χ1) is 9.31. The fourth-order valence-corrected chi connectivity index (χ4v) is 3.66. The molecule has 19 heavy (non-hydrogen) atoms. The molecule has 1 atom stereocenters. The number of nitrogens with zero attached hydrogens (tertiary/aromatic N) is 3. The second-order valence-electron chi connectivity index (χ2n) is 5.39. The molecule has 108 valence electrons. The van der Waals surface area contributed by atoms with Crippen molar-refractivity contribution in [3.63, 3.8) is 0 Å². The fourth-order valence-electron chi connectivity index (χ4n) is 2.81. The molecular formula is C14H26N4S. The van der Waals surface area contributed by atoms with E-state index in [1.807, 2.05) is 0 Å². The molecule has 1 unspecified atom stereocenters. The van der Waals surface area contributed by atoms with E-state index >= 15 is 0 Å². The van der Waals surface area contributed by atoms with Crippen molar-refractivity contribution in [2.45, 2.75) is 52.5 Å². The van der Waals surface area contributed by atoms with Gasteiger partial charge in [0.25, 0.3) is 0 Å². The minimum Gasteiger partial charge on any atom is -0.360 e. The third-order valence-electron chi connectivity index (χ3n) is 3.79. The van der Waals surface area contributed by atoms with E-state index in [-0.39, 0.29) is 0 Å². The van der Waals surface area contributed by atoms with Gasteiger partial charge in [-0.25, -0.2) is 0 Å². The second kappa shape index (κ2) is 7.80. The molecule has 0 amide bonds. The lowest BCUT2D eigenvalue weighted by molar-refractivity contribution is 0.270. The molecule has 0 bridgehead atoms. The molecule has 1 aliphatic heterocycles. The van der Waals surface area contributed by atoms with E-state index in [0.717, 1.165) is 29.1 Å². The van der Waals surface area contributed by atoms with E-state index in [1.54, 1.807) is 11.3 Å². The summed E-state index contributed by atoms with van der Waals surface area (Å²) < 4.78 is 0. The van der Waals surface area contributed by atoms with Crippen LogP contribution in [0.5, 0.6) is 0 Å².